The molecule has 2 N–H and O–H groups in total. The molecular weight excluding hydrogens is 270 g/mol. The molecule has 0 bridgehead atoms. The summed E-state index contributed by atoms with van der Waals surface area (Å²) in [6, 6.07) is 0. The van der Waals surface area contributed by atoms with E-state index in [1.54, 1.807) is 0 Å². The SMILES string of the molecule is CCCC1CN2CC=CN=C2NC2=C(C=CC[C@H]2O)S1. The fourth-order valence-electron chi connectivity index (χ4n) is 2.72. The summed E-state index contributed by atoms with van der Waals surface area (Å²) in [6.45, 7) is 4.11. The van der Waals surface area contributed by atoms with Gasteiger partial charge in [0.2, 0.25) is 5.96 Å². The van der Waals surface area contributed by atoms with Crippen molar-refractivity contribution in [1.29, 1.82) is 0 Å². The molecule has 0 saturated carbocycles. The lowest BCUT2D eigenvalue weighted by Crippen LogP contribution is -2.48. The van der Waals surface area contributed by atoms with Gasteiger partial charge in [-0.25, -0.2) is 4.99 Å². The fourth-order valence-corrected chi connectivity index (χ4v) is 4.17. The molecule has 0 fully saturated rings. The van der Waals surface area contributed by atoms with Gasteiger partial charge in [0.1, 0.15) is 0 Å². The lowest BCUT2D eigenvalue weighted by Gasteiger charge is -2.36. The molecule has 20 heavy (non-hydrogen) atoms. The van der Waals surface area contributed by atoms with Crippen molar-refractivity contribution in [2.45, 2.75) is 37.5 Å². The number of thioether (sulfide) groups is 1. The van der Waals surface area contributed by atoms with Gasteiger partial charge in [0.05, 0.1) is 11.8 Å². The second-order valence-corrected chi connectivity index (χ2v) is 6.67. The molecule has 2 aliphatic heterocycles. The van der Waals surface area contributed by atoms with E-state index in [0.717, 1.165) is 24.7 Å². The van der Waals surface area contributed by atoms with Crippen LogP contribution in [0.3, 0.4) is 0 Å². The number of rotatable bonds is 2. The second-order valence-electron chi connectivity index (χ2n) is 5.33. The molecule has 0 radical (unpaired) electrons. The lowest BCUT2D eigenvalue weighted by atomic mass is 10.1. The zero-order valence-corrected chi connectivity index (χ0v) is 12.6. The molecule has 1 aliphatic carbocycles. The Bertz CT molecular complexity index is 495. The van der Waals surface area contributed by atoms with E-state index in [1.807, 2.05) is 18.0 Å². The Labute approximate surface area is 124 Å². The van der Waals surface area contributed by atoms with E-state index in [4.69, 9.17) is 0 Å². The van der Waals surface area contributed by atoms with Gasteiger partial charge in [-0.05, 0) is 18.9 Å². The quantitative estimate of drug-likeness (QED) is 0.819. The van der Waals surface area contributed by atoms with Crippen molar-refractivity contribution in [2.24, 2.45) is 4.99 Å². The number of aliphatic hydroxyl groups is 1. The topological polar surface area (TPSA) is 47.9 Å². The van der Waals surface area contributed by atoms with Crippen molar-refractivity contribution in [1.82, 2.24) is 10.2 Å². The molecule has 1 unspecified atom stereocenters. The largest absolute Gasteiger partial charge is 0.387 e. The predicted octanol–water partition coefficient (Wildman–Crippen LogP) is 2.21. The van der Waals surface area contributed by atoms with Crippen LogP contribution in [0.1, 0.15) is 26.2 Å². The van der Waals surface area contributed by atoms with Crippen LogP contribution in [0.2, 0.25) is 0 Å². The summed E-state index contributed by atoms with van der Waals surface area (Å²) in [5, 5.41) is 14.1. The molecule has 2 heterocycles. The summed E-state index contributed by atoms with van der Waals surface area (Å²) in [7, 11) is 0. The Kier molecular flexibility index (Phi) is 4.17. The highest BCUT2D eigenvalue weighted by molar-refractivity contribution is 8.03. The van der Waals surface area contributed by atoms with E-state index >= 15 is 0 Å². The van der Waals surface area contributed by atoms with Crippen molar-refractivity contribution < 1.29 is 5.11 Å². The molecule has 0 saturated heterocycles. The van der Waals surface area contributed by atoms with Crippen LogP contribution >= 0.6 is 11.8 Å². The van der Waals surface area contributed by atoms with Gasteiger partial charge < -0.3 is 15.3 Å². The van der Waals surface area contributed by atoms with Crippen molar-refractivity contribution >= 4 is 17.7 Å². The van der Waals surface area contributed by atoms with Crippen LogP contribution in [0, 0.1) is 0 Å². The van der Waals surface area contributed by atoms with Gasteiger partial charge in [0.15, 0.2) is 0 Å². The molecule has 0 aromatic heterocycles. The average molecular weight is 291 g/mol. The molecule has 3 rings (SSSR count). The van der Waals surface area contributed by atoms with Crippen LogP contribution in [0.25, 0.3) is 0 Å². The third kappa shape index (κ3) is 2.79. The van der Waals surface area contributed by atoms with Crippen molar-refractivity contribution in [3.8, 4) is 0 Å². The third-order valence-electron chi connectivity index (χ3n) is 3.73. The maximum Gasteiger partial charge on any atom is 0.203 e. The first-order valence-electron chi connectivity index (χ1n) is 7.28. The van der Waals surface area contributed by atoms with E-state index in [1.165, 1.54) is 17.7 Å². The normalized spacial score (nSPS) is 29.1. The van der Waals surface area contributed by atoms with Crippen molar-refractivity contribution in [2.75, 3.05) is 13.1 Å². The van der Waals surface area contributed by atoms with Gasteiger partial charge in [-0.1, -0.05) is 25.5 Å². The maximum absolute atomic E-state index is 10.3. The monoisotopic (exact) mass is 291 g/mol. The number of aliphatic hydroxyl groups excluding tert-OH is 1. The first-order chi connectivity index (χ1) is 9.78. The minimum Gasteiger partial charge on any atom is -0.387 e. The summed E-state index contributed by atoms with van der Waals surface area (Å²) in [6.07, 6.45) is 10.7. The standard InChI is InChI=1S/C15H21N3OS/c1-2-5-11-10-18-9-4-8-16-15(18)17-14-12(19)6-3-7-13(14)20-11/h3-4,7-8,11-12,19H,2,5-6,9-10H2,1H3,(H,16,17)/t11?,12-/m1/s1. The highest BCUT2D eigenvalue weighted by Gasteiger charge is 2.28. The number of nitrogens with zero attached hydrogens (tertiary/aromatic N) is 2. The molecule has 0 amide bonds. The Morgan fingerprint density at radius 1 is 1.50 bits per heavy atom. The molecule has 5 heteroatoms. The minimum atomic E-state index is -0.446. The number of hydrogen-bond acceptors (Lipinski definition) is 5. The Morgan fingerprint density at radius 2 is 2.40 bits per heavy atom. The van der Waals surface area contributed by atoms with Gasteiger partial charge in [-0.15, -0.1) is 11.8 Å². The number of aliphatic imine (C=N–C) groups is 1. The van der Waals surface area contributed by atoms with Crippen LogP contribution < -0.4 is 5.32 Å². The highest BCUT2D eigenvalue weighted by Crippen LogP contribution is 2.34. The molecular formula is C15H21N3OS. The van der Waals surface area contributed by atoms with Crippen LogP contribution in [-0.4, -0.2) is 40.4 Å². The number of hydrogen-bond donors (Lipinski definition) is 2. The summed E-state index contributed by atoms with van der Waals surface area (Å²) < 4.78 is 0. The Balaban J connectivity index is 1.94. The van der Waals surface area contributed by atoms with E-state index in [0.29, 0.717) is 11.7 Å². The van der Waals surface area contributed by atoms with Crippen LogP contribution in [0.5, 0.6) is 0 Å². The Morgan fingerprint density at radius 3 is 3.25 bits per heavy atom. The maximum atomic E-state index is 10.3. The number of nitrogens with one attached hydrogen (secondary N) is 1. The molecule has 2 atom stereocenters. The number of guanidine groups is 1. The van der Waals surface area contributed by atoms with Gasteiger partial charge >= 0.3 is 0 Å². The molecule has 3 aliphatic rings. The van der Waals surface area contributed by atoms with Crippen LogP contribution in [0.4, 0.5) is 0 Å². The van der Waals surface area contributed by atoms with Crippen LogP contribution in [0.15, 0.2) is 40.0 Å². The first kappa shape index (κ1) is 13.8. The van der Waals surface area contributed by atoms with Gasteiger partial charge in [0, 0.05) is 29.4 Å². The fraction of sp³-hybridized carbons (Fsp3) is 0.533. The first-order valence-corrected chi connectivity index (χ1v) is 8.16. The van der Waals surface area contributed by atoms with Crippen molar-refractivity contribution in [3.05, 3.63) is 35.0 Å². The van der Waals surface area contributed by atoms with E-state index < -0.39 is 6.10 Å². The average Bonchev–Trinajstić information content (AvgIpc) is 2.42. The summed E-state index contributed by atoms with van der Waals surface area (Å²) in [5.41, 5.74) is 0.914. The number of fused-ring (bicyclic) bond motifs is 1. The summed E-state index contributed by atoms with van der Waals surface area (Å²) in [5.74, 6) is 0.871. The Hall–Kier alpha value is -1.20. The summed E-state index contributed by atoms with van der Waals surface area (Å²) >= 11 is 1.88. The lowest BCUT2D eigenvalue weighted by molar-refractivity contribution is 0.206. The second kappa shape index (κ2) is 6.06. The molecule has 0 aromatic rings. The van der Waals surface area contributed by atoms with E-state index in [-0.39, 0.29) is 0 Å². The van der Waals surface area contributed by atoms with Crippen LogP contribution in [-0.2, 0) is 0 Å². The molecule has 108 valence electrons. The number of allylic oxidation sites excluding steroid dienone is 1. The molecule has 4 nitrogen and oxygen atoms in total. The third-order valence-corrected chi connectivity index (χ3v) is 5.06. The predicted molar refractivity (Wildman–Crippen MR) is 84.4 cm³/mol. The summed E-state index contributed by atoms with van der Waals surface area (Å²) in [4.78, 5) is 7.88. The minimum absolute atomic E-state index is 0.446. The smallest absolute Gasteiger partial charge is 0.203 e. The van der Waals surface area contributed by atoms with Gasteiger partial charge in [-0.2, -0.15) is 0 Å². The zero-order chi connectivity index (χ0) is 13.9. The van der Waals surface area contributed by atoms with Gasteiger partial charge in [0.25, 0.3) is 0 Å². The molecule has 0 aromatic carbocycles. The van der Waals surface area contributed by atoms with Gasteiger partial charge in [-0.3, -0.25) is 0 Å². The van der Waals surface area contributed by atoms with Crippen molar-refractivity contribution in [3.63, 3.8) is 0 Å². The zero-order valence-electron chi connectivity index (χ0n) is 11.7. The van der Waals surface area contributed by atoms with E-state index in [2.05, 4.69) is 40.4 Å². The van der Waals surface area contributed by atoms with E-state index in [9.17, 15) is 5.11 Å². The molecule has 0 spiro atoms. The highest BCUT2D eigenvalue weighted by atomic mass is 32.2.